The van der Waals surface area contributed by atoms with Crippen molar-refractivity contribution in [3.8, 4) is 11.1 Å². The van der Waals surface area contributed by atoms with Gasteiger partial charge in [-0.15, -0.1) is 22.7 Å². The van der Waals surface area contributed by atoms with Crippen LogP contribution in [0.4, 0.5) is 13.2 Å². The number of aromatic nitrogens is 1. The number of rotatable bonds is 5. The first-order valence-electron chi connectivity index (χ1n) is 12.6. The van der Waals surface area contributed by atoms with Crippen molar-refractivity contribution >= 4 is 44.6 Å². The van der Waals surface area contributed by atoms with Crippen LogP contribution in [0, 0.1) is 6.92 Å². The molecule has 0 bridgehead atoms. The van der Waals surface area contributed by atoms with Gasteiger partial charge >= 0.3 is 6.18 Å². The van der Waals surface area contributed by atoms with E-state index in [1.165, 1.54) is 34.8 Å². The molecule has 202 valence electrons. The number of thiophene rings is 1. The highest BCUT2D eigenvalue weighted by atomic mass is 32.1. The number of nitrogens with zero attached hydrogens (tertiary/aromatic N) is 3. The van der Waals surface area contributed by atoms with Crippen LogP contribution in [0.3, 0.4) is 0 Å². The van der Waals surface area contributed by atoms with Gasteiger partial charge in [-0.1, -0.05) is 18.2 Å². The zero-order valence-electron chi connectivity index (χ0n) is 21.0. The van der Waals surface area contributed by atoms with Gasteiger partial charge in [0.15, 0.2) is 5.01 Å². The van der Waals surface area contributed by atoms with Crippen molar-refractivity contribution in [2.75, 3.05) is 26.2 Å². The molecule has 1 atom stereocenters. The molecular formula is C28H25F3N4O2S2. The van der Waals surface area contributed by atoms with Gasteiger partial charge in [-0.25, -0.2) is 4.98 Å². The molecule has 6 rings (SSSR count). The number of hydrogen-bond acceptors (Lipinski definition) is 6. The summed E-state index contributed by atoms with van der Waals surface area (Å²) < 4.78 is 39.7. The van der Waals surface area contributed by atoms with Crippen LogP contribution in [0.2, 0.25) is 0 Å². The number of thiazole rings is 1. The molecular weight excluding hydrogens is 545 g/mol. The Morgan fingerprint density at radius 3 is 2.38 bits per heavy atom. The zero-order valence-corrected chi connectivity index (χ0v) is 22.6. The van der Waals surface area contributed by atoms with Crippen molar-refractivity contribution in [1.29, 1.82) is 0 Å². The van der Waals surface area contributed by atoms with E-state index in [0.717, 1.165) is 39.8 Å². The van der Waals surface area contributed by atoms with Crippen LogP contribution in [-0.4, -0.2) is 64.9 Å². The molecule has 6 nitrogen and oxygen atoms in total. The Kier molecular flexibility index (Phi) is 6.68. The topological polar surface area (TPSA) is 65.5 Å². The first-order chi connectivity index (χ1) is 18.7. The number of fused-ring (bicyclic) bond motifs is 1. The fraction of sp³-hybridized carbons (Fsp3) is 0.321. The minimum Gasteiger partial charge on any atom is -0.335 e. The highest BCUT2D eigenvalue weighted by molar-refractivity contribution is 7.21. The summed E-state index contributed by atoms with van der Waals surface area (Å²) in [4.78, 5) is 34.3. The summed E-state index contributed by atoms with van der Waals surface area (Å²) in [6.07, 6.45) is -1.86. The molecule has 39 heavy (non-hydrogen) atoms. The number of likely N-dealkylation sites (tertiary alicyclic amines) is 2. The van der Waals surface area contributed by atoms with Crippen LogP contribution in [0.25, 0.3) is 21.2 Å². The maximum atomic E-state index is 13.3. The summed E-state index contributed by atoms with van der Waals surface area (Å²) in [5.41, 5.74) is 1.71. The summed E-state index contributed by atoms with van der Waals surface area (Å²) in [7, 11) is 0. The number of amides is 2. The van der Waals surface area contributed by atoms with Gasteiger partial charge in [0.1, 0.15) is 0 Å². The summed E-state index contributed by atoms with van der Waals surface area (Å²) in [6, 6.07) is 11.3. The molecule has 0 radical (unpaired) electrons. The van der Waals surface area contributed by atoms with E-state index in [1.807, 2.05) is 34.9 Å². The number of halogens is 3. The van der Waals surface area contributed by atoms with E-state index in [2.05, 4.69) is 10.3 Å². The fourth-order valence-corrected chi connectivity index (χ4v) is 6.99. The van der Waals surface area contributed by atoms with Gasteiger partial charge in [0.25, 0.3) is 11.8 Å². The molecule has 2 amide bonds. The van der Waals surface area contributed by atoms with Crippen molar-refractivity contribution in [2.45, 2.75) is 31.6 Å². The SMILES string of the molecule is Cc1c(C(=O)N2CC(N[C@H]3CCN(C(=O)c4nccs4)C3)C2)sc2ccc(-c3ccc(C(F)(F)F)cc3)cc12. The molecule has 0 aliphatic carbocycles. The molecule has 4 aromatic rings. The van der Waals surface area contributed by atoms with Gasteiger partial charge in [0.05, 0.1) is 10.4 Å². The standard InChI is InChI=1S/C28H25F3N4O2S2/c1-16-22-12-18(17-2-5-19(6-3-17)28(29,30)31)4-7-23(22)39-24(16)26(36)35-14-21(15-35)33-20-8-10-34(13-20)27(37)25-32-9-11-38-25/h2-7,9,11-12,20-21,33H,8,10,13-15H2,1H3/t20-/m0/s1. The van der Waals surface area contributed by atoms with Gasteiger partial charge < -0.3 is 15.1 Å². The van der Waals surface area contributed by atoms with E-state index < -0.39 is 11.7 Å². The third-order valence-electron chi connectivity index (χ3n) is 7.41. The van der Waals surface area contributed by atoms with Gasteiger partial charge in [0, 0.05) is 54.5 Å². The normalized spacial score (nSPS) is 18.1. The van der Waals surface area contributed by atoms with Crippen molar-refractivity contribution < 1.29 is 22.8 Å². The molecule has 2 saturated heterocycles. The Morgan fingerprint density at radius 1 is 0.974 bits per heavy atom. The van der Waals surface area contributed by atoms with Crippen LogP contribution in [-0.2, 0) is 6.18 Å². The number of carbonyl (C=O) groups is 2. The minimum atomic E-state index is -4.37. The molecule has 2 aliphatic heterocycles. The van der Waals surface area contributed by atoms with Crippen molar-refractivity contribution in [3.05, 3.63) is 75.1 Å². The minimum absolute atomic E-state index is 0.00479. The Labute approximate surface area is 231 Å². The maximum Gasteiger partial charge on any atom is 0.416 e. The monoisotopic (exact) mass is 570 g/mol. The van der Waals surface area contributed by atoms with Crippen LogP contribution in [0.1, 0.15) is 37.0 Å². The zero-order chi connectivity index (χ0) is 27.3. The average molecular weight is 571 g/mol. The predicted octanol–water partition coefficient (Wildman–Crippen LogP) is 5.68. The molecule has 2 fully saturated rings. The van der Waals surface area contributed by atoms with Crippen LogP contribution in [0.15, 0.2) is 54.0 Å². The lowest BCUT2D eigenvalue weighted by Crippen LogP contribution is -2.62. The van der Waals surface area contributed by atoms with Gasteiger partial charge in [0.2, 0.25) is 0 Å². The Morgan fingerprint density at radius 2 is 1.69 bits per heavy atom. The van der Waals surface area contributed by atoms with E-state index in [4.69, 9.17) is 0 Å². The van der Waals surface area contributed by atoms with Crippen LogP contribution >= 0.6 is 22.7 Å². The Hall–Kier alpha value is -3.28. The number of aryl methyl sites for hydroxylation is 1. The Bertz CT molecular complexity index is 1530. The largest absolute Gasteiger partial charge is 0.416 e. The van der Waals surface area contributed by atoms with E-state index >= 15 is 0 Å². The number of hydrogen-bond donors (Lipinski definition) is 1. The van der Waals surface area contributed by atoms with Crippen LogP contribution in [0.5, 0.6) is 0 Å². The van der Waals surface area contributed by atoms with Crippen molar-refractivity contribution in [1.82, 2.24) is 20.1 Å². The molecule has 2 aromatic carbocycles. The molecule has 4 heterocycles. The average Bonchev–Trinajstić information content (AvgIpc) is 3.66. The van der Waals surface area contributed by atoms with Gasteiger partial charge in [-0.2, -0.15) is 13.2 Å². The van der Waals surface area contributed by atoms with E-state index in [-0.39, 0.29) is 23.9 Å². The second kappa shape index (κ2) is 10.0. The number of carbonyl (C=O) groups excluding carboxylic acids is 2. The summed E-state index contributed by atoms with van der Waals surface area (Å²) in [5.74, 6) is -0.0312. The highest BCUT2D eigenvalue weighted by Gasteiger charge is 2.36. The third kappa shape index (κ3) is 5.06. The molecule has 0 saturated carbocycles. The number of nitrogens with one attached hydrogen (secondary N) is 1. The number of alkyl halides is 3. The van der Waals surface area contributed by atoms with E-state index in [0.29, 0.717) is 41.6 Å². The van der Waals surface area contributed by atoms with Crippen molar-refractivity contribution in [3.63, 3.8) is 0 Å². The maximum absolute atomic E-state index is 13.3. The smallest absolute Gasteiger partial charge is 0.335 e. The van der Waals surface area contributed by atoms with E-state index in [1.54, 1.807) is 11.6 Å². The summed E-state index contributed by atoms with van der Waals surface area (Å²) >= 11 is 2.80. The van der Waals surface area contributed by atoms with Gasteiger partial charge in [-0.05, 0) is 59.7 Å². The first-order valence-corrected chi connectivity index (χ1v) is 14.3. The first kappa shape index (κ1) is 26.0. The number of benzene rings is 2. The van der Waals surface area contributed by atoms with Crippen LogP contribution < -0.4 is 5.32 Å². The highest BCUT2D eigenvalue weighted by Crippen LogP contribution is 2.36. The second-order valence-electron chi connectivity index (χ2n) is 9.99. The predicted molar refractivity (Wildman–Crippen MR) is 146 cm³/mol. The molecule has 11 heteroatoms. The molecule has 2 aromatic heterocycles. The van der Waals surface area contributed by atoms with Gasteiger partial charge in [-0.3, -0.25) is 9.59 Å². The summed E-state index contributed by atoms with van der Waals surface area (Å²) in [5, 5.41) is 6.84. The second-order valence-corrected chi connectivity index (χ2v) is 11.9. The molecule has 1 N–H and O–H groups in total. The summed E-state index contributed by atoms with van der Waals surface area (Å²) in [6.45, 7) is 4.48. The van der Waals surface area contributed by atoms with E-state index in [9.17, 15) is 22.8 Å². The fourth-order valence-electron chi connectivity index (χ4n) is 5.23. The van der Waals surface area contributed by atoms with Crippen molar-refractivity contribution in [2.24, 2.45) is 0 Å². The molecule has 0 spiro atoms. The molecule has 2 aliphatic rings. The quantitative estimate of drug-likeness (QED) is 0.335. The molecule has 0 unspecified atom stereocenters. The Balaban J connectivity index is 1.08. The lowest BCUT2D eigenvalue weighted by atomic mass is 10.0. The lowest BCUT2D eigenvalue weighted by Gasteiger charge is -2.41. The lowest BCUT2D eigenvalue weighted by molar-refractivity contribution is -0.137. The third-order valence-corrected chi connectivity index (χ3v) is 9.43.